The van der Waals surface area contributed by atoms with E-state index in [1.54, 1.807) is 0 Å². The number of fused-ring (bicyclic) bond motifs is 6. The Morgan fingerprint density at radius 2 is 1.02 bits per heavy atom. The molecule has 310 valence electrons. The average Bonchev–Trinajstić information content (AvgIpc) is 3.84. The van der Waals surface area contributed by atoms with Gasteiger partial charge in [0.15, 0.2) is 17.5 Å². The summed E-state index contributed by atoms with van der Waals surface area (Å²) in [7, 11) is 0. The summed E-state index contributed by atoms with van der Waals surface area (Å²) in [5.41, 5.74) is 15.2. The van der Waals surface area contributed by atoms with Crippen molar-refractivity contribution in [3.05, 3.63) is 247 Å². The van der Waals surface area contributed by atoms with E-state index >= 15 is 0 Å². The Labute approximate surface area is 379 Å². The van der Waals surface area contributed by atoms with Crippen LogP contribution in [0, 0.1) is 0 Å². The van der Waals surface area contributed by atoms with Crippen LogP contribution in [-0.4, -0.2) is 15.0 Å². The van der Waals surface area contributed by atoms with E-state index in [4.69, 9.17) is 19.7 Å². The molecule has 8 aromatic carbocycles. The first-order valence-corrected chi connectivity index (χ1v) is 22.3. The van der Waals surface area contributed by atoms with Gasteiger partial charge in [-0.15, -0.1) is 0 Å². The molecule has 2 heterocycles. The summed E-state index contributed by atoms with van der Waals surface area (Å²) >= 11 is 0. The van der Waals surface area contributed by atoms with Crippen molar-refractivity contribution in [2.45, 2.75) is 31.1 Å². The van der Waals surface area contributed by atoms with Crippen molar-refractivity contribution in [3.8, 4) is 61.9 Å². The molecule has 5 heteroatoms. The van der Waals surface area contributed by atoms with Gasteiger partial charge in [-0.05, 0) is 93.9 Å². The number of rotatable bonds is 8. The van der Waals surface area contributed by atoms with Gasteiger partial charge in [0.05, 0.1) is 5.69 Å². The molecule has 1 aromatic heterocycles. The molecular weight excluding hydrogens is 793 g/mol. The van der Waals surface area contributed by atoms with Crippen LogP contribution in [-0.2, 0) is 10.8 Å². The number of allylic oxidation sites excluding steroid dienone is 4. The van der Waals surface area contributed by atoms with Crippen LogP contribution in [0.3, 0.4) is 0 Å². The van der Waals surface area contributed by atoms with Crippen molar-refractivity contribution >= 4 is 17.1 Å². The summed E-state index contributed by atoms with van der Waals surface area (Å²) in [6.07, 6.45) is 6.98. The minimum absolute atomic E-state index is 0.125. The molecule has 0 spiro atoms. The molecule has 0 radical (unpaired) electrons. The van der Waals surface area contributed by atoms with Crippen molar-refractivity contribution in [1.29, 1.82) is 0 Å². The fraction of sp³-hybridized carbons (Fsp3) is 0.0833. The zero-order chi connectivity index (χ0) is 43.5. The predicted octanol–water partition coefficient (Wildman–Crippen LogP) is 14.8. The first-order chi connectivity index (χ1) is 32.0. The molecule has 0 fully saturated rings. The summed E-state index contributed by atoms with van der Waals surface area (Å²) < 4.78 is 6.71. The molecule has 1 atom stereocenters. The van der Waals surface area contributed by atoms with Gasteiger partial charge in [-0.25, -0.2) is 15.0 Å². The SMILES string of the molecule is CC1(C)c2ccccc2-c2c(N(c3ccc(-c4ccccc4)cc3)c3ccc(-c4ccc5c(c4)C4(c6nc(-c7ccccc7)nc(-c7ccccc7)n6)CC=CC=C4O5)cc3)cccc21. The summed E-state index contributed by atoms with van der Waals surface area (Å²) in [4.78, 5) is 18.0. The third-order valence-electron chi connectivity index (χ3n) is 13.5. The van der Waals surface area contributed by atoms with Crippen LogP contribution in [0.25, 0.3) is 56.2 Å². The van der Waals surface area contributed by atoms with E-state index in [9.17, 15) is 0 Å². The van der Waals surface area contributed by atoms with Gasteiger partial charge in [0, 0.05) is 39.0 Å². The number of ether oxygens (including phenoxy) is 1. The summed E-state index contributed by atoms with van der Waals surface area (Å²) in [5.74, 6) is 3.57. The van der Waals surface area contributed by atoms with Gasteiger partial charge in [0.2, 0.25) is 0 Å². The van der Waals surface area contributed by atoms with Crippen LogP contribution in [0.5, 0.6) is 5.75 Å². The molecule has 3 aliphatic rings. The summed E-state index contributed by atoms with van der Waals surface area (Å²) in [6, 6.07) is 71.1. The molecule has 1 aliphatic heterocycles. The minimum atomic E-state index is -0.740. The molecule has 65 heavy (non-hydrogen) atoms. The largest absolute Gasteiger partial charge is 0.460 e. The number of nitrogens with zero attached hydrogens (tertiary/aromatic N) is 4. The molecule has 0 saturated carbocycles. The maximum atomic E-state index is 6.71. The number of anilines is 3. The van der Waals surface area contributed by atoms with Crippen molar-refractivity contribution < 1.29 is 4.74 Å². The fourth-order valence-electron chi connectivity index (χ4n) is 10.2. The maximum Gasteiger partial charge on any atom is 0.163 e. The Kier molecular flexibility index (Phi) is 9.06. The second-order valence-corrected chi connectivity index (χ2v) is 17.6. The first kappa shape index (κ1) is 38.5. The molecule has 0 amide bonds. The lowest BCUT2D eigenvalue weighted by molar-refractivity contribution is 0.382. The molecule has 0 saturated heterocycles. The lowest BCUT2D eigenvalue weighted by atomic mass is 9.73. The molecule has 1 unspecified atom stereocenters. The van der Waals surface area contributed by atoms with Crippen LogP contribution < -0.4 is 9.64 Å². The lowest BCUT2D eigenvalue weighted by Gasteiger charge is -2.29. The van der Waals surface area contributed by atoms with Crippen molar-refractivity contribution in [3.63, 3.8) is 0 Å². The topological polar surface area (TPSA) is 51.1 Å². The third kappa shape index (κ3) is 6.34. The van der Waals surface area contributed by atoms with Gasteiger partial charge in [0.25, 0.3) is 0 Å². The fourth-order valence-corrected chi connectivity index (χ4v) is 10.2. The van der Waals surface area contributed by atoms with Gasteiger partial charge in [-0.3, -0.25) is 0 Å². The van der Waals surface area contributed by atoms with Gasteiger partial charge in [0.1, 0.15) is 16.9 Å². The van der Waals surface area contributed by atoms with Crippen LogP contribution in [0.2, 0.25) is 0 Å². The van der Waals surface area contributed by atoms with E-state index in [-0.39, 0.29) is 5.41 Å². The van der Waals surface area contributed by atoms with Crippen LogP contribution in [0.1, 0.15) is 42.8 Å². The molecule has 2 aliphatic carbocycles. The normalized spacial score (nSPS) is 16.1. The Balaban J connectivity index is 0.972. The highest BCUT2D eigenvalue weighted by Crippen LogP contribution is 2.56. The first-order valence-electron chi connectivity index (χ1n) is 22.3. The Morgan fingerprint density at radius 3 is 1.66 bits per heavy atom. The van der Waals surface area contributed by atoms with E-state index < -0.39 is 5.41 Å². The average molecular weight is 837 g/mol. The van der Waals surface area contributed by atoms with Gasteiger partial charge < -0.3 is 9.64 Å². The number of benzene rings is 8. The van der Waals surface area contributed by atoms with Crippen molar-refractivity contribution in [1.82, 2.24) is 15.0 Å². The molecule has 12 rings (SSSR count). The van der Waals surface area contributed by atoms with E-state index in [0.29, 0.717) is 23.9 Å². The molecule has 9 aromatic rings. The lowest BCUT2D eigenvalue weighted by Crippen LogP contribution is -2.31. The maximum absolute atomic E-state index is 6.71. The summed E-state index contributed by atoms with van der Waals surface area (Å²) in [6.45, 7) is 4.68. The smallest absolute Gasteiger partial charge is 0.163 e. The Bertz CT molecular complexity index is 3270. The second-order valence-electron chi connectivity index (χ2n) is 17.6. The highest BCUT2D eigenvalue weighted by molar-refractivity contribution is 5.95. The standard InChI is InChI=1S/C60H44N4O/c1-59(2)49-24-13-12-23-48(49)55-50(59)25-16-26-52(55)64(46-33-28-41(29-34-46)40-17-6-3-7-18-40)47-35-30-42(31-36-47)45-32-37-53-51(39-45)60(38-15-14-27-54(60)65-53)58-62-56(43-19-8-4-9-20-43)61-57(63-58)44-21-10-5-11-22-44/h3-37,39H,38H2,1-2H3. The number of aromatic nitrogens is 3. The van der Waals surface area contributed by atoms with Crippen molar-refractivity contribution in [2.75, 3.05) is 4.90 Å². The van der Waals surface area contributed by atoms with Crippen LogP contribution in [0.15, 0.2) is 224 Å². The van der Waals surface area contributed by atoms with E-state index in [2.05, 4.69) is 201 Å². The van der Waals surface area contributed by atoms with Crippen LogP contribution in [0.4, 0.5) is 17.1 Å². The van der Waals surface area contributed by atoms with Gasteiger partial charge in [-0.2, -0.15) is 0 Å². The zero-order valence-corrected chi connectivity index (χ0v) is 36.2. The van der Waals surface area contributed by atoms with E-state index in [1.807, 2.05) is 36.4 Å². The van der Waals surface area contributed by atoms with Gasteiger partial charge >= 0.3 is 0 Å². The highest BCUT2D eigenvalue weighted by atomic mass is 16.5. The summed E-state index contributed by atoms with van der Waals surface area (Å²) in [5, 5.41) is 0. The zero-order valence-electron chi connectivity index (χ0n) is 36.2. The molecule has 0 N–H and O–H groups in total. The Hall–Kier alpha value is -8.15. The number of hydrogen-bond donors (Lipinski definition) is 0. The number of hydrogen-bond acceptors (Lipinski definition) is 5. The molecule has 5 nitrogen and oxygen atoms in total. The second kappa shape index (κ2) is 15.3. The highest BCUT2D eigenvalue weighted by Gasteiger charge is 2.50. The quantitative estimate of drug-likeness (QED) is 0.153. The third-order valence-corrected chi connectivity index (χ3v) is 13.5. The minimum Gasteiger partial charge on any atom is -0.460 e. The van der Waals surface area contributed by atoms with Gasteiger partial charge in [-0.1, -0.05) is 184 Å². The monoisotopic (exact) mass is 836 g/mol. The predicted molar refractivity (Wildman–Crippen MR) is 264 cm³/mol. The van der Waals surface area contributed by atoms with E-state index in [1.165, 1.54) is 33.4 Å². The van der Waals surface area contributed by atoms with E-state index in [0.717, 1.165) is 56.4 Å². The van der Waals surface area contributed by atoms with Crippen molar-refractivity contribution in [2.24, 2.45) is 0 Å². The Morgan fingerprint density at radius 1 is 0.477 bits per heavy atom. The molecule has 0 bridgehead atoms. The molecular formula is C60H44N4O. The van der Waals surface area contributed by atoms with Crippen LogP contribution >= 0.6 is 0 Å².